The van der Waals surface area contributed by atoms with Gasteiger partial charge in [0.25, 0.3) is 0 Å². The summed E-state index contributed by atoms with van der Waals surface area (Å²) in [5.41, 5.74) is 0.964. The van der Waals surface area contributed by atoms with Crippen LogP contribution in [0.5, 0.6) is 0 Å². The molecule has 1 saturated heterocycles. The Balaban J connectivity index is 2.09. The van der Waals surface area contributed by atoms with E-state index < -0.39 is 9.84 Å². The predicted octanol–water partition coefficient (Wildman–Crippen LogP) is 1.84. The topological polar surface area (TPSA) is 72.4 Å². The summed E-state index contributed by atoms with van der Waals surface area (Å²) in [6.45, 7) is 2.53. The number of aromatic nitrogens is 2. The van der Waals surface area contributed by atoms with Gasteiger partial charge in [0.1, 0.15) is 5.15 Å². The third kappa shape index (κ3) is 3.63. The van der Waals surface area contributed by atoms with Crippen LogP contribution in [0, 0.1) is 6.07 Å². The average Bonchev–Trinajstić information content (AvgIpc) is 2.54. The van der Waals surface area contributed by atoms with Crippen molar-refractivity contribution in [1.29, 1.82) is 0 Å². The molecule has 0 unspecified atom stereocenters. The number of hydrogen-bond acceptors (Lipinski definition) is 6. The molecule has 23 heavy (non-hydrogen) atoms. The zero-order valence-electron chi connectivity index (χ0n) is 12.5. The zero-order valence-corrected chi connectivity index (χ0v) is 14.1. The van der Waals surface area contributed by atoms with Gasteiger partial charge in [-0.05, 0) is 12.1 Å². The van der Waals surface area contributed by atoms with Crippen LogP contribution in [0.2, 0.25) is 5.15 Å². The molecule has 0 spiro atoms. The maximum absolute atomic E-state index is 12.0. The predicted molar refractivity (Wildman–Crippen MR) is 87.5 cm³/mol. The first kappa shape index (κ1) is 16.2. The molecule has 0 saturated carbocycles. The number of morpholine rings is 1. The highest BCUT2D eigenvalue weighted by atomic mass is 35.5. The van der Waals surface area contributed by atoms with Crippen LogP contribution in [0.15, 0.2) is 29.2 Å². The fraction of sp³-hybridized carbons (Fsp3) is 0.333. The fourth-order valence-corrected chi connectivity index (χ4v) is 3.42. The molecule has 1 radical (unpaired) electrons. The van der Waals surface area contributed by atoms with Crippen LogP contribution in [-0.4, -0.2) is 50.9 Å². The number of halogens is 1. The van der Waals surface area contributed by atoms with E-state index in [2.05, 4.69) is 16.0 Å². The van der Waals surface area contributed by atoms with E-state index in [-0.39, 0.29) is 10.0 Å². The van der Waals surface area contributed by atoms with Crippen LogP contribution in [0.3, 0.4) is 0 Å². The normalized spacial score (nSPS) is 15.7. The van der Waals surface area contributed by atoms with E-state index in [1.54, 1.807) is 18.2 Å². The third-order valence-electron chi connectivity index (χ3n) is 3.48. The van der Waals surface area contributed by atoms with Crippen molar-refractivity contribution < 1.29 is 13.2 Å². The Morgan fingerprint density at radius 2 is 2.04 bits per heavy atom. The molecular formula is C15H15ClN3O3S. The summed E-state index contributed by atoms with van der Waals surface area (Å²) in [5.74, 6) is 0.475. The lowest BCUT2D eigenvalue weighted by Gasteiger charge is -2.27. The molecule has 0 atom stereocenters. The third-order valence-corrected chi connectivity index (χ3v) is 4.81. The number of sulfone groups is 1. The summed E-state index contributed by atoms with van der Waals surface area (Å²) in [7, 11) is -3.40. The van der Waals surface area contributed by atoms with Crippen molar-refractivity contribution in [2.24, 2.45) is 0 Å². The van der Waals surface area contributed by atoms with Crippen molar-refractivity contribution in [3.8, 4) is 11.3 Å². The van der Waals surface area contributed by atoms with Crippen LogP contribution in [-0.2, 0) is 14.6 Å². The van der Waals surface area contributed by atoms with Crippen LogP contribution in [0.1, 0.15) is 0 Å². The monoisotopic (exact) mass is 352 g/mol. The molecule has 121 valence electrons. The van der Waals surface area contributed by atoms with E-state index in [1.165, 1.54) is 6.07 Å². The van der Waals surface area contributed by atoms with Crippen molar-refractivity contribution in [2.75, 3.05) is 37.5 Å². The molecule has 0 bridgehead atoms. The van der Waals surface area contributed by atoms with Gasteiger partial charge in [-0.1, -0.05) is 23.7 Å². The van der Waals surface area contributed by atoms with Crippen LogP contribution in [0.4, 0.5) is 5.95 Å². The lowest BCUT2D eigenvalue weighted by atomic mass is 10.1. The molecule has 0 aliphatic carbocycles. The highest BCUT2D eigenvalue weighted by Gasteiger charge is 2.19. The van der Waals surface area contributed by atoms with Crippen LogP contribution < -0.4 is 4.90 Å². The van der Waals surface area contributed by atoms with Gasteiger partial charge in [-0.3, -0.25) is 0 Å². The van der Waals surface area contributed by atoms with Gasteiger partial charge in [-0.15, -0.1) is 0 Å². The molecule has 2 heterocycles. The first-order valence-electron chi connectivity index (χ1n) is 7.03. The van der Waals surface area contributed by atoms with E-state index in [9.17, 15) is 8.42 Å². The molecule has 2 aromatic rings. The summed E-state index contributed by atoms with van der Waals surface area (Å²) < 4.78 is 29.3. The minimum atomic E-state index is -3.40. The molecule has 1 aliphatic rings. The zero-order chi connectivity index (χ0) is 16.4. The summed E-state index contributed by atoms with van der Waals surface area (Å²) in [5, 5.41) is 0.267. The quantitative estimate of drug-likeness (QED) is 0.785. The molecule has 8 heteroatoms. The van der Waals surface area contributed by atoms with Gasteiger partial charge in [-0.25, -0.2) is 18.4 Å². The van der Waals surface area contributed by atoms with Gasteiger partial charge < -0.3 is 9.64 Å². The highest BCUT2D eigenvalue weighted by Crippen LogP contribution is 2.28. The Labute approximate surface area is 140 Å². The largest absolute Gasteiger partial charge is 0.378 e. The van der Waals surface area contributed by atoms with Crippen molar-refractivity contribution in [3.05, 3.63) is 35.5 Å². The van der Waals surface area contributed by atoms with Crippen molar-refractivity contribution in [2.45, 2.75) is 4.90 Å². The minimum absolute atomic E-state index is 0.169. The summed E-state index contributed by atoms with van der Waals surface area (Å²) >= 11 is 6.12. The van der Waals surface area contributed by atoms with Crippen LogP contribution >= 0.6 is 11.6 Å². The molecule has 3 rings (SSSR count). The van der Waals surface area contributed by atoms with E-state index in [0.717, 1.165) is 6.26 Å². The van der Waals surface area contributed by atoms with E-state index in [0.29, 0.717) is 43.5 Å². The number of rotatable bonds is 3. The Morgan fingerprint density at radius 1 is 1.30 bits per heavy atom. The van der Waals surface area contributed by atoms with Crippen LogP contribution in [0.25, 0.3) is 11.3 Å². The smallest absolute Gasteiger partial charge is 0.227 e. The molecule has 0 amide bonds. The average molecular weight is 353 g/mol. The van der Waals surface area contributed by atoms with Crippen molar-refractivity contribution in [3.63, 3.8) is 0 Å². The molecule has 1 fully saturated rings. The first-order chi connectivity index (χ1) is 10.9. The number of hydrogen-bond donors (Lipinski definition) is 0. The second-order valence-corrected chi connectivity index (χ2v) is 7.54. The summed E-state index contributed by atoms with van der Waals surface area (Å²) in [6, 6.07) is 9.10. The van der Waals surface area contributed by atoms with E-state index >= 15 is 0 Å². The van der Waals surface area contributed by atoms with Gasteiger partial charge in [0.15, 0.2) is 9.84 Å². The molecule has 1 aliphatic heterocycles. The Morgan fingerprint density at radius 3 is 2.74 bits per heavy atom. The highest BCUT2D eigenvalue weighted by molar-refractivity contribution is 7.90. The summed E-state index contributed by atoms with van der Waals surface area (Å²) in [4.78, 5) is 10.9. The van der Waals surface area contributed by atoms with Gasteiger partial charge in [0.05, 0.1) is 23.8 Å². The molecule has 1 aromatic heterocycles. The molecular weight excluding hydrogens is 338 g/mol. The van der Waals surface area contributed by atoms with E-state index in [4.69, 9.17) is 16.3 Å². The lowest BCUT2D eigenvalue weighted by molar-refractivity contribution is 0.122. The number of ether oxygens (including phenoxy) is 1. The molecule has 0 N–H and O–H groups in total. The number of nitrogens with zero attached hydrogens (tertiary/aromatic N) is 3. The van der Waals surface area contributed by atoms with Gasteiger partial charge >= 0.3 is 0 Å². The lowest BCUT2D eigenvalue weighted by Crippen LogP contribution is -2.37. The second kappa shape index (κ2) is 6.43. The van der Waals surface area contributed by atoms with Gasteiger partial charge in [0.2, 0.25) is 5.95 Å². The minimum Gasteiger partial charge on any atom is -0.378 e. The first-order valence-corrected chi connectivity index (χ1v) is 9.30. The molecule has 1 aromatic carbocycles. The number of benzene rings is 1. The van der Waals surface area contributed by atoms with E-state index in [1.807, 2.05) is 4.90 Å². The maximum atomic E-state index is 12.0. The van der Waals surface area contributed by atoms with Crippen molar-refractivity contribution in [1.82, 2.24) is 9.97 Å². The fourth-order valence-electron chi connectivity index (χ4n) is 2.38. The Hall–Kier alpha value is -1.70. The van der Waals surface area contributed by atoms with Gasteiger partial charge in [0, 0.05) is 31.0 Å². The Kier molecular flexibility index (Phi) is 4.52. The Bertz CT molecular complexity index is 820. The van der Waals surface area contributed by atoms with Crippen molar-refractivity contribution >= 4 is 27.4 Å². The molecule has 6 nitrogen and oxygen atoms in total. The SMILES string of the molecule is CS(=O)(=O)c1c[c]ccc1-c1cc(Cl)nc(N2CCOCC2)n1. The standard InChI is InChI=1S/C15H15ClN3O3S/c1-23(20,21)13-5-3-2-4-11(13)12-10-14(16)18-15(17-12)19-6-8-22-9-7-19/h2,4-5,10H,6-9H2,1H3. The maximum Gasteiger partial charge on any atom is 0.227 e. The second-order valence-electron chi connectivity index (χ2n) is 5.17. The summed E-state index contributed by atoms with van der Waals surface area (Å²) in [6.07, 6.45) is 1.16. The van der Waals surface area contributed by atoms with Gasteiger partial charge in [-0.2, -0.15) is 0 Å². The number of anilines is 1.